The highest BCUT2D eigenvalue weighted by Gasteiger charge is 2.35. The highest BCUT2D eigenvalue weighted by Crippen LogP contribution is 2.39. The fourth-order valence-corrected chi connectivity index (χ4v) is 3.14. The smallest absolute Gasteiger partial charge is 0.309 e. The maximum atomic E-state index is 10.9. The lowest BCUT2D eigenvalue weighted by Gasteiger charge is -2.12. The molecule has 2 rings (SSSR count). The SMILES string of the molecule is O=C(O)C1CCOC1c1ccc(Br)s1. The summed E-state index contributed by atoms with van der Waals surface area (Å²) in [6.07, 6.45) is 0.346. The number of halogens is 1. The van der Waals surface area contributed by atoms with Crippen molar-refractivity contribution in [2.75, 3.05) is 6.61 Å². The predicted molar refractivity (Wildman–Crippen MR) is 56.5 cm³/mol. The average molecular weight is 277 g/mol. The lowest BCUT2D eigenvalue weighted by atomic mass is 10.0. The Morgan fingerprint density at radius 2 is 2.43 bits per heavy atom. The summed E-state index contributed by atoms with van der Waals surface area (Å²) in [5.74, 6) is -1.16. The van der Waals surface area contributed by atoms with Gasteiger partial charge in [-0.15, -0.1) is 11.3 Å². The first-order valence-electron chi connectivity index (χ1n) is 4.28. The molecule has 1 aromatic heterocycles. The predicted octanol–water partition coefficient (Wildman–Crippen LogP) is 2.67. The molecule has 0 bridgehead atoms. The lowest BCUT2D eigenvalue weighted by Crippen LogP contribution is -2.16. The standard InChI is InChI=1S/C9H9BrO3S/c10-7-2-1-6(14-7)8-5(9(11)12)3-4-13-8/h1-2,5,8H,3-4H2,(H,11,12). The van der Waals surface area contributed by atoms with Crippen molar-refractivity contribution in [1.29, 1.82) is 0 Å². The van der Waals surface area contributed by atoms with Crippen LogP contribution in [-0.2, 0) is 9.53 Å². The summed E-state index contributed by atoms with van der Waals surface area (Å²) in [5, 5.41) is 8.96. The molecule has 5 heteroatoms. The Kier molecular flexibility index (Phi) is 2.90. The van der Waals surface area contributed by atoms with Crippen molar-refractivity contribution in [2.24, 2.45) is 5.92 Å². The number of thiophene rings is 1. The van der Waals surface area contributed by atoms with Crippen LogP contribution < -0.4 is 0 Å². The molecular weight excluding hydrogens is 268 g/mol. The maximum Gasteiger partial charge on any atom is 0.309 e. The second kappa shape index (κ2) is 4.00. The Balaban J connectivity index is 2.21. The molecule has 0 amide bonds. The molecule has 0 saturated carbocycles. The molecule has 1 N–H and O–H groups in total. The summed E-state index contributed by atoms with van der Waals surface area (Å²) >= 11 is 4.89. The number of hydrogen-bond donors (Lipinski definition) is 1. The van der Waals surface area contributed by atoms with Crippen LogP contribution in [0, 0.1) is 5.92 Å². The van der Waals surface area contributed by atoms with E-state index in [-0.39, 0.29) is 12.0 Å². The second-order valence-corrected chi connectivity index (χ2v) is 5.66. The number of carboxylic acid groups (broad SMARTS) is 1. The van der Waals surface area contributed by atoms with Gasteiger partial charge in [-0.2, -0.15) is 0 Å². The second-order valence-electron chi connectivity index (χ2n) is 3.17. The van der Waals surface area contributed by atoms with Gasteiger partial charge >= 0.3 is 5.97 Å². The highest BCUT2D eigenvalue weighted by molar-refractivity contribution is 9.11. The summed E-state index contributed by atoms with van der Waals surface area (Å²) in [4.78, 5) is 11.9. The van der Waals surface area contributed by atoms with Crippen molar-refractivity contribution in [3.8, 4) is 0 Å². The molecule has 0 spiro atoms. The molecular formula is C9H9BrO3S. The first-order valence-corrected chi connectivity index (χ1v) is 5.89. The summed E-state index contributed by atoms with van der Waals surface area (Å²) in [5.41, 5.74) is 0. The molecule has 14 heavy (non-hydrogen) atoms. The third-order valence-corrected chi connectivity index (χ3v) is 3.97. The Hall–Kier alpha value is -0.390. The van der Waals surface area contributed by atoms with Gasteiger partial charge in [-0.25, -0.2) is 0 Å². The zero-order valence-corrected chi connectivity index (χ0v) is 9.68. The van der Waals surface area contributed by atoms with Crippen LogP contribution in [0.25, 0.3) is 0 Å². The van der Waals surface area contributed by atoms with Crippen LogP contribution in [0.3, 0.4) is 0 Å². The van der Waals surface area contributed by atoms with E-state index < -0.39 is 5.97 Å². The van der Waals surface area contributed by atoms with Crippen LogP contribution in [-0.4, -0.2) is 17.7 Å². The first kappa shape index (κ1) is 10.1. The average Bonchev–Trinajstić information content (AvgIpc) is 2.70. The quantitative estimate of drug-likeness (QED) is 0.904. The zero-order valence-electron chi connectivity index (χ0n) is 7.27. The van der Waals surface area contributed by atoms with Crippen molar-refractivity contribution >= 4 is 33.2 Å². The van der Waals surface area contributed by atoms with Gasteiger partial charge in [0, 0.05) is 11.5 Å². The number of rotatable bonds is 2. The van der Waals surface area contributed by atoms with Gasteiger partial charge in [-0.3, -0.25) is 4.79 Å². The van der Waals surface area contributed by atoms with Crippen molar-refractivity contribution in [3.05, 3.63) is 20.8 Å². The maximum absolute atomic E-state index is 10.9. The fraction of sp³-hybridized carbons (Fsp3) is 0.444. The lowest BCUT2D eigenvalue weighted by molar-refractivity contribution is -0.143. The van der Waals surface area contributed by atoms with Gasteiger partial charge in [0.15, 0.2) is 0 Å². The van der Waals surface area contributed by atoms with E-state index in [2.05, 4.69) is 15.9 Å². The number of carbonyl (C=O) groups is 1. The largest absolute Gasteiger partial charge is 0.481 e. The van der Waals surface area contributed by atoms with E-state index in [1.807, 2.05) is 12.1 Å². The molecule has 3 nitrogen and oxygen atoms in total. The number of hydrogen-bond acceptors (Lipinski definition) is 3. The van der Waals surface area contributed by atoms with E-state index >= 15 is 0 Å². The minimum absolute atomic E-state index is 0.260. The molecule has 1 fully saturated rings. The number of aliphatic carboxylic acids is 1. The Bertz CT molecular complexity index is 350. The molecule has 0 aromatic carbocycles. The van der Waals surface area contributed by atoms with E-state index in [0.29, 0.717) is 13.0 Å². The molecule has 0 radical (unpaired) electrons. The molecule has 2 unspecified atom stereocenters. The van der Waals surface area contributed by atoms with Gasteiger partial charge in [-0.05, 0) is 34.5 Å². The number of carboxylic acids is 1. The zero-order chi connectivity index (χ0) is 10.1. The van der Waals surface area contributed by atoms with Crippen molar-refractivity contribution < 1.29 is 14.6 Å². The van der Waals surface area contributed by atoms with Gasteiger partial charge in [0.05, 0.1) is 9.70 Å². The minimum Gasteiger partial charge on any atom is -0.481 e. The third kappa shape index (κ3) is 1.85. The van der Waals surface area contributed by atoms with E-state index in [0.717, 1.165) is 8.66 Å². The van der Waals surface area contributed by atoms with Crippen molar-refractivity contribution in [2.45, 2.75) is 12.5 Å². The molecule has 1 saturated heterocycles. The molecule has 1 aromatic rings. The van der Waals surface area contributed by atoms with E-state index in [1.54, 1.807) is 0 Å². The molecule has 2 atom stereocenters. The summed E-state index contributed by atoms with van der Waals surface area (Å²) in [6.45, 7) is 0.539. The highest BCUT2D eigenvalue weighted by atomic mass is 79.9. The Morgan fingerprint density at radius 3 is 3.00 bits per heavy atom. The molecule has 0 aliphatic carbocycles. The van der Waals surface area contributed by atoms with Crippen LogP contribution >= 0.6 is 27.3 Å². The van der Waals surface area contributed by atoms with E-state index in [4.69, 9.17) is 9.84 Å². The van der Waals surface area contributed by atoms with Gasteiger partial charge in [0.2, 0.25) is 0 Å². The van der Waals surface area contributed by atoms with Crippen LogP contribution in [0.1, 0.15) is 17.4 Å². The molecule has 1 aliphatic heterocycles. The molecule has 76 valence electrons. The van der Waals surface area contributed by atoms with Crippen molar-refractivity contribution in [3.63, 3.8) is 0 Å². The minimum atomic E-state index is -0.767. The van der Waals surface area contributed by atoms with Crippen LogP contribution in [0.4, 0.5) is 0 Å². The van der Waals surface area contributed by atoms with Crippen LogP contribution in [0.15, 0.2) is 15.9 Å². The van der Waals surface area contributed by atoms with Crippen LogP contribution in [0.5, 0.6) is 0 Å². The summed E-state index contributed by atoms with van der Waals surface area (Å²) < 4.78 is 6.44. The number of ether oxygens (including phenoxy) is 1. The molecule has 2 heterocycles. The van der Waals surface area contributed by atoms with Gasteiger partial charge in [-0.1, -0.05) is 0 Å². The summed E-state index contributed by atoms with van der Waals surface area (Å²) in [6, 6.07) is 3.83. The topological polar surface area (TPSA) is 46.5 Å². The molecule has 1 aliphatic rings. The fourth-order valence-electron chi connectivity index (χ4n) is 1.60. The van der Waals surface area contributed by atoms with Gasteiger partial charge < -0.3 is 9.84 Å². The van der Waals surface area contributed by atoms with Crippen LogP contribution in [0.2, 0.25) is 0 Å². The van der Waals surface area contributed by atoms with Crippen molar-refractivity contribution in [1.82, 2.24) is 0 Å². The Morgan fingerprint density at radius 1 is 1.64 bits per heavy atom. The Labute approximate surface area is 93.8 Å². The van der Waals surface area contributed by atoms with Gasteiger partial charge in [0.1, 0.15) is 6.10 Å². The van der Waals surface area contributed by atoms with E-state index in [1.165, 1.54) is 11.3 Å². The monoisotopic (exact) mass is 276 g/mol. The first-order chi connectivity index (χ1) is 6.68. The third-order valence-electron chi connectivity index (χ3n) is 2.28. The van der Waals surface area contributed by atoms with Gasteiger partial charge in [0.25, 0.3) is 0 Å². The van der Waals surface area contributed by atoms with E-state index in [9.17, 15) is 4.79 Å². The normalized spacial score (nSPS) is 26.6. The summed E-state index contributed by atoms with van der Waals surface area (Å²) in [7, 11) is 0.